The van der Waals surface area contributed by atoms with E-state index in [1.165, 1.54) is 0 Å². The second kappa shape index (κ2) is 9.98. The summed E-state index contributed by atoms with van der Waals surface area (Å²) in [6.45, 7) is 3.57. The van der Waals surface area contributed by atoms with Gasteiger partial charge in [-0.25, -0.2) is 5.43 Å². The zero-order valence-electron chi connectivity index (χ0n) is 15.0. The Morgan fingerprint density at radius 2 is 1.69 bits per heavy atom. The highest BCUT2D eigenvalue weighted by Gasteiger charge is 2.08. The van der Waals surface area contributed by atoms with Gasteiger partial charge in [-0.05, 0) is 37.1 Å². The molecule has 2 N–H and O–H groups in total. The quantitative estimate of drug-likeness (QED) is 0.565. The van der Waals surface area contributed by atoms with Gasteiger partial charge in [0.15, 0.2) is 6.61 Å². The molecule has 2 rings (SSSR count). The molecule has 0 spiro atoms. The van der Waals surface area contributed by atoms with Crippen LogP contribution in [0.25, 0.3) is 0 Å². The molecule has 6 nitrogen and oxygen atoms in total. The Balaban J connectivity index is 1.78. The van der Waals surface area contributed by atoms with Crippen LogP contribution in [0.2, 0.25) is 0 Å². The fourth-order valence-corrected chi connectivity index (χ4v) is 2.27. The van der Waals surface area contributed by atoms with Gasteiger partial charge in [0.25, 0.3) is 5.91 Å². The van der Waals surface area contributed by atoms with Gasteiger partial charge in [-0.15, -0.1) is 0 Å². The third-order valence-electron chi connectivity index (χ3n) is 3.57. The SMILES string of the molecule is CCc1ccccc1NC(=O)CC(C)=NNC(=O)COc1ccccc1. The number of rotatable bonds is 8. The number of benzene rings is 2. The smallest absolute Gasteiger partial charge is 0.277 e. The molecule has 0 aliphatic heterocycles. The number of hydrazone groups is 1. The summed E-state index contributed by atoms with van der Waals surface area (Å²) >= 11 is 0. The van der Waals surface area contributed by atoms with Crippen molar-refractivity contribution in [2.24, 2.45) is 5.10 Å². The van der Waals surface area contributed by atoms with E-state index < -0.39 is 0 Å². The molecule has 136 valence electrons. The van der Waals surface area contributed by atoms with Crippen LogP contribution in [0.4, 0.5) is 5.69 Å². The molecular formula is C20H23N3O3. The van der Waals surface area contributed by atoms with Crippen LogP contribution < -0.4 is 15.5 Å². The van der Waals surface area contributed by atoms with Crippen molar-refractivity contribution in [2.75, 3.05) is 11.9 Å². The molecule has 0 radical (unpaired) electrons. The number of hydrogen-bond donors (Lipinski definition) is 2. The maximum Gasteiger partial charge on any atom is 0.277 e. The van der Waals surface area contributed by atoms with Gasteiger partial charge in [0.2, 0.25) is 5.91 Å². The largest absolute Gasteiger partial charge is 0.484 e. The first-order chi connectivity index (χ1) is 12.6. The summed E-state index contributed by atoms with van der Waals surface area (Å²) in [5, 5.41) is 6.81. The predicted octanol–water partition coefficient (Wildman–Crippen LogP) is 3.15. The minimum atomic E-state index is -0.384. The van der Waals surface area contributed by atoms with Gasteiger partial charge >= 0.3 is 0 Å². The highest BCUT2D eigenvalue weighted by atomic mass is 16.5. The summed E-state index contributed by atoms with van der Waals surface area (Å²) in [6.07, 6.45) is 0.929. The average molecular weight is 353 g/mol. The minimum absolute atomic E-state index is 0.0951. The van der Waals surface area contributed by atoms with E-state index in [9.17, 15) is 9.59 Å². The summed E-state index contributed by atoms with van der Waals surface area (Å²) < 4.78 is 5.33. The third-order valence-corrected chi connectivity index (χ3v) is 3.57. The summed E-state index contributed by atoms with van der Waals surface area (Å²) in [6, 6.07) is 16.7. The van der Waals surface area contributed by atoms with Crippen LogP contribution >= 0.6 is 0 Å². The molecule has 0 unspecified atom stereocenters. The Hall–Kier alpha value is -3.15. The van der Waals surface area contributed by atoms with Crippen molar-refractivity contribution in [1.29, 1.82) is 0 Å². The Bertz CT molecular complexity index is 773. The standard InChI is InChI=1S/C20H23N3O3/c1-3-16-9-7-8-12-18(16)21-19(24)13-15(2)22-23-20(25)14-26-17-10-5-4-6-11-17/h4-12H,3,13-14H2,1-2H3,(H,21,24)(H,23,25). The Morgan fingerprint density at radius 3 is 2.42 bits per heavy atom. The maximum absolute atomic E-state index is 12.1. The summed E-state index contributed by atoms with van der Waals surface area (Å²) in [4.78, 5) is 23.9. The Labute approximate surface area is 153 Å². The van der Waals surface area contributed by atoms with E-state index in [0.29, 0.717) is 11.5 Å². The molecule has 6 heteroatoms. The average Bonchev–Trinajstić information content (AvgIpc) is 2.66. The molecule has 0 saturated heterocycles. The molecule has 2 aromatic carbocycles. The summed E-state index contributed by atoms with van der Waals surface area (Å²) in [7, 11) is 0. The molecule has 0 atom stereocenters. The number of nitrogens with zero attached hydrogens (tertiary/aromatic N) is 1. The Kier molecular flexibility index (Phi) is 7.36. The highest BCUT2D eigenvalue weighted by molar-refractivity contribution is 6.06. The Morgan fingerprint density at radius 1 is 1.00 bits per heavy atom. The molecular weight excluding hydrogens is 330 g/mol. The number of carbonyl (C=O) groups excluding carboxylic acids is 2. The number of hydrogen-bond acceptors (Lipinski definition) is 4. The molecule has 2 aromatic rings. The third kappa shape index (κ3) is 6.39. The lowest BCUT2D eigenvalue weighted by Crippen LogP contribution is -2.26. The van der Waals surface area contributed by atoms with Crippen LogP contribution in [-0.2, 0) is 16.0 Å². The topological polar surface area (TPSA) is 79.8 Å². The van der Waals surface area contributed by atoms with Crippen molar-refractivity contribution in [2.45, 2.75) is 26.7 Å². The van der Waals surface area contributed by atoms with E-state index in [2.05, 4.69) is 15.8 Å². The van der Waals surface area contributed by atoms with E-state index in [-0.39, 0.29) is 24.8 Å². The van der Waals surface area contributed by atoms with Crippen LogP contribution in [0.3, 0.4) is 0 Å². The van der Waals surface area contributed by atoms with Crippen molar-refractivity contribution >= 4 is 23.2 Å². The van der Waals surface area contributed by atoms with Gasteiger partial charge in [0, 0.05) is 11.4 Å². The normalized spacial score (nSPS) is 10.9. The second-order valence-electron chi connectivity index (χ2n) is 5.72. The molecule has 0 heterocycles. The van der Waals surface area contributed by atoms with E-state index in [1.807, 2.05) is 49.4 Å². The summed E-state index contributed by atoms with van der Waals surface area (Å²) in [5.41, 5.74) is 4.76. The first-order valence-electron chi connectivity index (χ1n) is 8.46. The van der Waals surface area contributed by atoms with E-state index >= 15 is 0 Å². The minimum Gasteiger partial charge on any atom is -0.484 e. The number of anilines is 1. The number of amides is 2. The van der Waals surface area contributed by atoms with Crippen LogP contribution in [0.5, 0.6) is 5.75 Å². The first kappa shape index (κ1) is 19.2. The lowest BCUT2D eigenvalue weighted by Gasteiger charge is -2.09. The number of para-hydroxylation sites is 2. The zero-order chi connectivity index (χ0) is 18.8. The molecule has 0 bridgehead atoms. The summed E-state index contributed by atoms with van der Waals surface area (Å²) in [5.74, 6) is 0.0455. The van der Waals surface area contributed by atoms with Crippen molar-refractivity contribution < 1.29 is 14.3 Å². The first-order valence-corrected chi connectivity index (χ1v) is 8.46. The molecule has 0 saturated carbocycles. The molecule has 0 aromatic heterocycles. The lowest BCUT2D eigenvalue weighted by atomic mass is 10.1. The number of aryl methyl sites for hydroxylation is 1. The monoisotopic (exact) mass is 353 g/mol. The van der Waals surface area contributed by atoms with Crippen molar-refractivity contribution in [1.82, 2.24) is 5.43 Å². The van der Waals surface area contributed by atoms with Gasteiger partial charge in [0.1, 0.15) is 5.75 Å². The van der Waals surface area contributed by atoms with Crippen molar-refractivity contribution in [3.63, 3.8) is 0 Å². The van der Waals surface area contributed by atoms with E-state index in [1.54, 1.807) is 19.1 Å². The van der Waals surface area contributed by atoms with Gasteiger partial charge in [-0.2, -0.15) is 5.10 Å². The van der Waals surface area contributed by atoms with Crippen LogP contribution in [0, 0.1) is 0 Å². The fourth-order valence-electron chi connectivity index (χ4n) is 2.27. The second-order valence-corrected chi connectivity index (χ2v) is 5.72. The van der Waals surface area contributed by atoms with Crippen molar-refractivity contribution in [3.8, 4) is 5.75 Å². The van der Waals surface area contributed by atoms with Gasteiger partial charge in [-0.3, -0.25) is 9.59 Å². The van der Waals surface area contributed by atoms with Crippen LogP contribution in [0.1, 0.15) is 25.8 Å². The molecule has 0 fully saturated rings. The molecule has 26 heavy (non-hydrogen) atoms. The van der Waals surface area contributed by atoms with Gasteiger partial charge < -0.3 is 10.1 Å². The lowest BCUT2D eigenvalue weighted by molar-refractivity contribution is -0.123. The number of ether oxygens (including phenoxy) is 1. The molecule has 0 aliphatic carbocycles. The number of carbonyl (C=O) groups is 2. The highest BCUT2D eigenvalue weighted by Crippen LogP contribution is 2.15. The fraction of sp³-hybridized carbons (Fsp3) is 0.250. The number of nitrogens with one attached hydrogen (secondary N) is 2. The molecule has 2 amide bonds. The predicted molar refractivity (Wildman–Crippen MR) is 102 cm³/mol. The van der Waals surface area contributed by atoms with Gasteiger partial charge in [0.05, 0.1) is 6.42 Å². The molecule has 0 aliphatic rings. The van der Waals surface area contributed by atoms with E-state index in [0.717, 1.165) is 17.7 Å². The van der Waals surface area contributed by atoms with Crippen LogP contribution in [0.15, 0.2) is 59.7 Å². The maximum atomic E-state index is 12.1. The van der Waals surface area contributed by atoms with E-state index in [4.69, 9.17) is 4.74 Å². The van der Waals surface area contributed by atoms with Crippen LogP contribution in [-0.4, -0.2) is 24.1 Å². The zero-order valence-corrected chi connectivity index (χ0v) is 15.0. The van der Waals surface area contributed by atoms with Crippen molar-refractivity contribution in [3.05, 3.63) is 60.2 Å². The van der Waals surface area contributed by atoms with Gasteiger partial charge in [-0.1, -0.05) is 43.3 Å².